The molecule has 0 spiro atoms. The van der Waals surface area contributed by atoms with Gasteiger partial charge in [-0.1, -0.05) is 32.9 Å². The second-order valence-electron chi connectivity index (χ2n) is 4.23. The third-order valence-corrected chi connectivity index (χ3v) is 3.43. The zero-order valence-electron chi connectivity index (χ0n) is 9.52. The highest BCUT2D eigenvalue weighted by molar-refractivity contribution is 5.29. The molecule has 1 rings (SSSR count). The quantitative estimate of drug-likeness (QED) is 0.676. The van der Waals surface area contributed by atoms with Crippen molar-refractivity contribution in [1.82, 2.24) is 0 Å². The highest BCUT2D eigenvalue weighted by atomic mass is 19.1. The van der Waals surface area contributed by atoms with Gasteiger partial charge >= 0.3 is 0 Å². The van der Waals surface area contributed by atoms with Gasteiger partial charge in [0.25, 0.3) is 0 Å². The van der Waals surface area contributed by atoms with Crippen LogP contribution in [0.1, 0.15) is 44.7 Å². The van der Waals surface area contributed by atoms with Crippen molar-refractivity contribution in [1.29, 1.82) is 0 Å². The SMILES string of the molecule is CCC(C)(CC)c1ccc(C)c(F)c1. The highest BCUT2D eigenvalue weighted by Crippen LogP contribution is 2.31. The van der Waals surface area contributed by atoms with Crippen LogP contribution >= 0.6 is 0 Å². The van der Waals surface area contributed by atoms with Crippen molar-refractivity contribution in [2.45, 2.75) is 46.0 Å². The molecule has 0 aromatic heterocycles. The third kappa shape index (κ3) is 1.97. The summed E-state index contributed by atoms with van der Waals surface area (Å²) in [5, 5.41) is 0. The molecule has 0 bridgehead atoms. The largest absolute Gasteiger partial charge is 0.207 e. The minimum Gasteiger partial charge on any atom is -0.207 e. The smallest absolute Gasteiger partial charge is 0.126 e. The van der Waals surface area contributed by atoms with E-state index in [4.69, 9.17) is 0 Å². The molecule has 0 aliphatic carbocycles. The lowest BCUT2D eigenvalue weighted by atomic mass is 9.78. The summed E-state index contributed by atoms with van der Waals surface area (Å²) in [7, 11) is 0. The molecule has 0 aliphatic heterocycles. The molecular formula is C13H19F. The summed E-state index contributed by atoms with van der Waals surface area (Å²) in [6, 6.07) is 5.60. The Hall–Kier alpha value is -0.850. The van der Waals surface area contributed by atoms with Gasteiger partial charge in [-0.25, -0.2) is 4.39 Å². The van der Waals surface area contributed by atoms with Gasteiger partial charge in [0.05, 0.1) is 0 Å². The fourth-order valence-electron chi connectivity index (χ4n) is 1.63. The summed E-state index contributed by atoms with van der Waals surface area (Å²) in [6.07, 6.45) is 2.10. The average molecular weight is 194 g/mol. The first-order valence-corrected chi connectivity index (χ1v) is 5.30. The monoisotopic (exact) mass is 194 g/mol. The number of benzene rings is 1. The Bertz CT molecular complexity index is 311. The molecule has 1 heteroatoms. The molecule has 0 atom stereocenters. The van der Waals surface area contributed by atoms with E-state index in [0.717, 1.165) is 24.0 Å². The van der Waals surface area contributed by atoms with Crippen LogP contribution in [0.15, 0.2) is 18.2 Å². The predicted octanol–water partition coefficient (Wildman–Crippen LogP) is 4.21. The Labute approximate surface area is 86.2 Å². The predicted molar refractivity (Wildman–Crippen MR) is 59.1 cm³/mol. The van der Waals surface area contributed by atoms with Crippen molar-refractivity contribution >= 4 is 0 Å². The second-order valence-corrected chi connectivity index (χ2v) is 4.23. The molecule has 0 radical (unpaired) electrons. The van der Waals surface area contributed by atoms with E-state index in [2.05, 4.69) is 20.8 Å². The third-order valence-electron chi connectivity index (χ3n) is 3.43. The molecule has 0 saturated heterocycles. The van der Waals surface area contributed by atoms with Crippen molar-refractivity contribution in [3.05, 3.63) is 35.1 Å². The lowest BCUT2D eigenvalue weighted by molar-refractivity contribution is 0.435. The van der Waals surface area contributed by atoms with E-state index >= 15 is 0 Å². The van der Waals surface area contributed by atoms with Crippen LogP contribution in [-0.4, -0.2) is 0 Å². The van der Waals surface area contributed by atoms with E-state index in [1.807, 2.05) is 12.1 Å². The van der Waals surface area contributed by atoms with Crippen LogP contribution in [0.3, 0.4) is 0 Å². The summed E-state index contributed by atoms with van der Waals surface area (Å²) >= 11 is 0. The molecule has 0 nitrogen and oxygen atoms in total. The van der Waals surface area contributed by atoms with Crippen molar-refractivity contribution in [3.63, 3.8) is 0 Å². The van der Waals surface area contributed by atoms with Gasteiger partial charge in [-0.2, -0.15) is 0 Å². The van der Waals surface area contributed by atoms with Crippen LogP contribution < -0.4 is 0 Å². The minimum atomic E-state index is -0.0874. The van der Waals surface area contributed by atoms with E-state index in [1.54, 1.807) is 13.0 Å². The summed E-state index contributed by atoms with van der Waals surface area (Å²) in [5.74, 6) is -0.0874. The average Bonchev–Trinajstić information content (AvgIpc) is 2.21. The summed E-state index contributed by atoms with van der Waals surface area (Å²) in [4.78, 5) is 0. The van der Waals surface area contributed by atoms with E-state index in [0.29, 0.717) is 0 Å². The van der Waals surface area contributed by atoms with Crippen LogP contribution in [0.4, 0.5) is 4.39 Å². The molecule has 0 unspecified atom stereocenters. The maximum atomic E-state index is 13.4. The zero-order chi connectivity index (χ0) is 10.8. The number of hydrogen-bond donors (Lipinski definition) is 0. The normalized spacial score (nSPS) is 11.8. The Balaban J connectivity index is 3.12. The molecule has 78 valence electrons. The fraction of sp³-hybridized carbons (Fsp3) is 0.538. The first kappa shape index (κ1) is 11.2. The van der Waals surface area contributed by atoms with Crippen molar-refractivity contribution in [2.75, 3.05) is 0 Å². The van der Waals surface area contributed by atoms with Crippen molar-refractivity contribution < 1.29 is 4.39 Å². The van der Waals surface area contributed by atoms with Gasteiger partial charge in [-0.3, -0.25) is 0 Å². The molecular weight excluding hydrogens is 175 g/mol. The van der Waals surface area contributed by atoms with Crippen LogP contribution in [0.25, 0.3) is 0 Å². The molecule has 0 amide bonds. The van der Waals surface area contributed by atoms with E-state index in [1.165, 1.54) is 0 Å². The van der Waals surface area contributed by atoms with E-state index < -0.39 is 0 Å². The summed E-state index contributed by atoms with van der Waals surface area (Å²) in [5.41, 5.74) is 1.96. The number of hydrogen-bond acceptors (Lipinski definition) is 0. The molecule has 1 aromatic carbocycles. The maximum absolute atomic E-state index is 13.4. The Morgan fingerprint density at radius 3 is 2.21 bits per heavy atom. The van der Waals surface area contributed by atoms with E-state index in [-0.39, 0.29) is 11.2 Å². The summed E-state index contributed by atoms with van der Waals surface area (Å²) < 4.78 is 13.4. The van der Waals surface area contributed by atoms with Gasteiger partial charge in [0, 0.05) is 0 Å². The number of aryl methyl sites for hydroxylation is 1. The van der Waals surface area contributed by atoms with E-state index in [9.17, 15) is 4.39 Å². The van der Waals surface area contributed by atoms with Gasteiger partial charge in [-0.05, 0) is 42.4 Å². The van der Waals surface area contributed by atoms with Gasteiger partial charge in [0.2, 0.25) is 0 Å². The fourth-order valence-corrected chi connectivity index (χ4v) is 1.63. The second kappa shape index (κ2) is 4.12. The highest BCUT2D eigenvalue weighted by Gasteiger charge is 2.22. The minimum absolute atomic E-state index is 0.0874. The van der Waals surface area contributed by atoms with Gasteiger partial charge < -0.3 is 0 Å². The lowest BCUT2D eigenvalue weighted by Crippen LogP contribution is -2.19. The Kier molecular flexibility index (Phi) is 3.30. The number of rotatable bonds is 3. The van der Waals surface area contributed by atoms with Crippen molar-refractivity contribution in [3.8, 4) is 0 Å². The Morgan fingerprint density at radius 2 is 1.79 bits per heavy atom. The summed E-state index contributed by atoms with van der Waals surface area (Å²) in [6.45, 7) is 8.30. The van der Waals surface area contributed by atoms with Crippen LogP contribution in [0.5, 0.6) is 0 Å². The van der Waals surface area contributed by atoms with Gasteiger partial charge in [0.15, 0.2) is 0 Å². The molecule has 1 aromatic rings. The first-order chi connectivity index (χ1) is 6.53. The molecule has 0 aliphatic rings. The van der Waals surface area contributed by atoms with Gasteiger partial charge in [-0.15, -0.1) is 0 Å². The van der Waals surface area contributed by atoms with Gasteiger partial charge in [0.1, 0.15) is 5.82 Å². The van der Waals surface area contributed by atoms with Crippen LogP contribution in [0.2, 0.25) is 0 Å². The van der Waals surface area contributed by atoms with Crippen LogP contribution in [-0.2, 0) is 5.41 Å². The van der Waals surface area contributed by atoms with Crippen molar-refractivity contribution in [2.24, 2.45) is 0 Å². The van der Waals surface area contributed by atoms with Crippen LogP contribution in [0, 0.1) is 12.7 Å². The molecule has 0 fully saturated rings. The molecule has 0 heterocycles. The molecule has 0 saturated carbocycles. The first-order valence-electron chi connectivity index (χ1n) is 5.30. The lowest BCUT2D eigenvalue weighted by Gasteiger charge is -2.27. The molecule has 14 heavy (non-hydrogen) atoms. The number of halogens is 1. The topological polar surface area (TPSA) is 0 Å². The Morgan fingerprint density at radius 1 is 1.21 bits per heavy atom. The maximum Gasteiger partial charge on any atom is 0.126 e. The standard InChI is InChI=1S/C13H19F/c1-5-13(4,6-2)11-8-7-10(3)12(14)9-11/h7-9H,5-6H2,1-4H3. The zero-order valence-corrected chi connectivity index (χ0v) is 9.52. The molecule has 0 N–H and O–H groups in total.